The third kappa shape index (κ3) is 0.593. The van der Waals surface area contributed by atoms with Gasteiger partial charge < -0.3 is 0 Å². The van der Waals surface area contributed by atoms with Crippen LogP contribution in [-0.4, -0.2) is 0 Å². The highest BCUT2D eigenvalue weighted by molar-refractivity contribution is 5.16. The largest absolute Gasteiger partial charge is 0.0993 e. The van der Waals surface area contributed by atoms with Gasteiger partial charge in [0.1, 0.15) is 0 Å². The van der Waals surface area contributed by atoms with Crippen LogP contribution < -0.4 is 0 Å². The summed E-state index contributed by atoms with van der Waals surface area (Å²) in [7, 11) is 0. The van der Waals surface area contributed by atoms with Gasteiger partial charge in [0.25, 0.3) is 0 Å². The molecule has 0 radical (unpaired) electrons. The summed E-state index contributed by atoms with van der Waals surface area (Å²) in [5.74, 6) is 2.79. The Bertz CT molecular complexity index is 142. The van der Waals surface area contributed by atoms with Crippen molar-refractivity contribution in [3.63, 3.8) is 0 Å². The van der Waals surface area contributed by atoms with Crippen LogP contribution in [0.15, 0.2) is 12.2 Å². The quantitative estimate of drug-likeness (QED) is 0.433. The van der Waals surface area contributed by atoms with Crippen LogP contribution in [-0.2, 0) is 0 Å². The van der Waals surface area contributed by atoms with E-state index in [9.17, 15) is 0 Å². The van der Waals surface area contributed by atoms with E-state index < -0.39 is 0 Å². The fraction of sp³-hybridized carbons (Fsp3) is 0.778. The van der Waals surface area contributed by atoms with Crippen LogP contribution in [0.5, 0.6) is 0 Å². The maximum atomic E-state index is 4.12. The molecule has 50 valence electrons. The number of fused-ring (bicyclic) bond motifs is 2. The van der Waals surface area contributed by atoms with Crippen molar-refractivity contribution in [1.82, 2.24) is 0 Å². The average Bonchev–Trinajstić information content (AvgIpc) is 2.37. The molecule has 0 aromatic rings. The summed E-state index contributed by atoms with van der Waals surface area (Å²) in [4.78, 5) is 0. The van der Waals surface area contributed by atoms with E-state index in [1.165, 1.54) is 19.3 Å². The molecule has 2 bridgehead atoms. The molecule has 0 aromatic heterocycles. The van der Waals surface area contributed by atoms with Crippen LogP contribution in [0.4, 0.5) is 0 Å². The van der Waals surface area contributed by atoms with E-state index in [1.807, 2.05) is 0 Å². The van der Waals surface area contributed by atoms with Crippen molar-refractivity contribution in [2.45, 2.75) is 26.2 Å². The van der Waals surface area contributed by atoms with E-state index in [4.69, 9.17) is 0 Å². The molecule has 0 nitrogen and oxygen atoms in total. The van der Waals surface area contributed by atoms with Crippen molar-refractivity contribution in [2.75, 3.05) is 0 Å². The average molecular weight is 122 g/mol. The van der Waals surface area contributed by atoms with Crippen molar-refractivity contribution in [3.8, 4) is 0 Å². The van der Waals surface area contributed by atoms with Crippen molar-refractivity contribution in [2.24, 2.45) is 17.8 Å². The van der Waals surface area contributed by atoms with Crippen LogP contribution in [0.25, 0.3) is 0 Å². The minimum Gasteiger partial charge on any atom is -0.0993 e. The molecule has 0 spiro atoms. The SMILES string of the molecule is C=C1[C@H]2CC[C@H](C2)[C@@H]1C. The third-order valence-corrected chi connectivity index (χ3v) is 3.29. The molecule has 0 unspecified atom stereocenters. The zero-order valence-corrected chi connectivity index (χ0v) is 6.06. The smallest absolute Gasteiger partial charge is 0.0200 e. The number of allylic oxidation sites excluding steroid dienone is 1. The summed E-state index contributed by atoms with van der Waals surface area (Å²) < 4.78 is 0. The second kappa shape index (κ2) is 1.62. The lowest BCUT2D eigenvalue weighted by Gasteiger charge is -2.19. The summed E-state index contributed by atoms with van der Waals surface area (Å²) >= 11 is 0. The Labute approximate surface area is 57.0 Å². The second-order valence-electron chi connectivity index (χ2n) is 3.63. The number of hydrogen-bond acceptors (Lipinski definition) is 0. The molecule has 0 heteroatoms. The lowest BCUT2D eigenvalue weighted by Crippen LogP contribution is -2.08. The lowest BCUT2D eigenvalue weighted by molar-refractivity contribution is 0.436. The van der Waals surface area contributed by atoms with Crippen LogP contribution in [0.3, 0.4) is 0 Å². The zero-order chi connectivity index (χ0) is 6.43. The maximum absolute atomic E-state index is 4.12. The minimum absolute atomic E-state index is 0.851. The molecule has 0 heterocycles. The van der Waals surface area contributed by atoms with Crippen molar-refractivity contribution < 1.29 is 0 Å². The molecule has 9 heavy (non-hydrogen) atoms. The van der Waals surface area contributed by atoms with Gasteiger partial charge in [0.15, 0.2) is 0 Å². The van der Waals surface area contributed by atoms with E-state index >= 15 is 0 Å². The normalized spacial score (nSPS) is 48.6. The summed E-state index contributed by atoms with van der Waals surface area (Å²) in [5, 5.41) is 0. The highest BCUT2D eigenvalue weighted by atomic mass is 14.4. The fourth-order valence-electron chi connectivity index (χ4n) is 2.48. The van der Waals surface area contributed by atoms with E-state index in [0.29, 0.717) is 0 Å². The van der Waals surface area contributed by atoms with Crippen LogP contribution in [0, 0.1) is 17.8 Å². The standard InChI is InChI=1S/C9H14/c1-6-7(2)9-4-3-8(6)5-9/h7-9H,1,3-5H2,2H3/t7-,8+,9-/m1/s1. The van der Waals surface area contributed by atoms with E-state index in [0.717, 1.165) is 17.8 Å². The summed E-state index contributed by atoms with van der Waals surface area (Å²) in [5.41, 5.74) is 1.55. The van der Waals surface area contributed by atoms with Gasteiger partial charge in [-0.15, -0.1) is 0 Å². The van der Waals surface area contributed by atoms with Gasteiger partial charge in [0, 0.05) is 0 Å². The summed E-state index contributed by atoms with van der Waals surface area (Å²) in [6.07, 6.45) is 4.37. The summed E-state index contributed by atoms with van der Waals surface area (Å²) in [6, 6.07) is 0. The first-order chi connectivity index (χ1) is 4.29. The molecule has 2 fully saturated rings. The molecule has 2 aliphatic carbocycles. The Hall–Kier alpha value is -0.260. The predicted octanol–water partition coefficient (Wildman–Crippen LogP) is 2.61. The first kappa shape index (κ1) is 5.52. The van der Waals surface area contributed by atoms with Crippen molar-refractivity contribution in [3.05, 3.63) is 12.2 Å². The molecule has 0 N–H and O–H groups in total. The van der Waals surface area contributed by atoms with Gasteiger partial charge in [-0.3, -0.25) is 0 Å². The molecule has 2 rings (SSSR count). The van der Waals surface area contributed by atoms with E-state index in [2.05, 4.69) is 13.5 Å². The van der Waals surface area contributed by atoms with Gasteiger partial charge in [-0.25, -0.2) is 0 Å². The first-order valence-corrected chi connectivity index (χ1v) is 3.97. The van der Waals surface area contributed by atoms with Gasteiger partial charge in [0.2, 0.25) is 0 Å². The number of hydrogen-bond donors (Lipinski definition) is 0. The fourth-order valence-corrected chi connectivity index (χ4v) is 2.48. The van der Waals surface area contributed by atoms with Crippen molar-refractivity contribution >= 4 is 0 Å². The van der Waals surface area contributed by atoms with Gasteiger partial charge in [-0.2, -0.15) is 0 Å². The number of rotatable bonds is 0. The Kier molecular flexibility index (Phi) is 0.992. The molecule has 2 saturated carbocycles. The third-order valence-electron chi connectivity index (χ3n) is 3.29. The monoisotopic (exact) mass is 122 g/mol. The molecular formula is C9H14. The molecule has 2 aliphatic rings. The summed E-state index contributed by atoms with van der Waals surface area (Å²) in [6.45, 7) is 6.46. The minimum atomic E-state index is 0.851. The van der Waals surface area contributed by atoms with E-state index in [1.54, 1.807) is 5.57 Å². The second-order valence-corrected chi connectivity index (χ2v) is 3.63. The van der Waals surface area contributed by atoms with Gasteiger partial charge in [-0.05, 0) is 37.0 Å². The molecule has 0 amide bonds. The Morgan fingerprint density at radius 1 is 1.44 bits per heavy atom. The maximum Gasteiger partial charge on any atom is -0.0200 e. The van der Waals surface area contributed by atoms with Gasteiger partial charge in [0.05, 0.1) is 0 Å². The molecule has 0 aliphatic heterocycles. The molecular weight excluding hydrogens is 108 g/mol. The Balaban J connectivity index is 2.25. The zero-order valence-electron chi connectivity index (χ0n) is 6.06. The Morgan fingerprint density at radius 3 is 2.56 bits per heavy atom. The molecule has 3 atom stereocenters. The van der Waals surface area contributed by atoms with Crippen LogP contribution in [0.1, 0.15) is 26.2 Å². The first-order valence-electron chi connectivity index (χ1n) is 3.97. The van der Waals surface area contributed by atoms with Gasteiger partial charge in [-0.1, -0.05) is 19.1 Å². The highest BCUT2D eigenvalue weighted by Gasteiger charge is 2.39. The highest BCUT2D eigenvalue weighted by Crippen LogP contribution is 2.50. The Morgan fingerprint density at radius 2 is 2.22 bits per heavy atom. The van der Waals surface area contributed by atoms with E-state index in [-0.39, 0.29) is 0 Å². The topological polar surface area (TPSA) is 0 Å². The predicted molar refractivity (Wildman–Crippen MR) is 39.1 cm³/mol. The van der Waals surface area contributed by atoms with Crippen LogP contribution >= 0.6 is 0 Å². The lowest BCUT2D eigenvalue weighted by atomic mass is 9.87. The molecule has 0 saturated heterocycles. The van der Waals surface area contributed by atoms with Crippen LogP contribution in [0.2, 0.25) is 0 Å². The van der Waals surface area contributed by atoms with Gasteiger partial charge >= 0.3 is 0 Å². The molecule has 0 aromatic carbocycles. The van der Waals surface area contributed by atoms with Crippen molar-refractivity contribution in [1.29, 1.82) is 0 Å².